The molecule has 1 heterocycles. The number of fused-ring (bicyclic) bond motifs is 1. The molecular weight excluding hydrogens is 190 g/mol. The van der Waals surface area contributed by atoms with Gasteiger partial charge in [0.15, 0.2) is 11.5 Å². The van der Waals surface area contributed by atoms with Gasteiger partial charge in [-0.05, 0) is 37.4 Å². The zero-order valence-electron chi connectivity index (χ0n) is 18.3. The molecule has 1 aliphatic heterocycles. The summed E-state index contributed by atoms with van der Waals surface area (Å²) in [7, 11) is 0. The fourth-order valence-electron chi connectivity index (χ4n) is 1.09. The van der Waals surface area contributed by atoms with E-state index in [1.807, 2.05) is 0 Å². The lowest BCUT2D eigenvalue weighted by molar-refractivity contribution is 0.174. The van der Waals surface area contributed by atoms with Gasteiger partial charge in [-0.1, -0.05) is 13.0 Å². The van der Waals surface area contributed by atoms with Crippen molar-refractivity contribution in [1.82, 2.24) is 5.32 Å². The van der Waals surface area contributed by atoms with E-state index in [-0.39, 0.29) is 0 Å². The van der Waals surface area contributed by atoms with Crippen molar-refractivity contribution < 1.29 is 23.2 Å². The highest BCUT2D eigenvalue weighted by Gasteiger charge is 2.13. The SMILES string of the molecule is [2H]c1c([2H])c(C([2H])([2H])[C@]([2H])(C)NC([2H])([2H])C)c([2H])c2c1OC([2H])([2H])O2. The summed E-state index contributed by atoms with van der Waals surface area (Å²) >= 11 is 0. The second kappa shape index (κ2) is 4.53. The minimum Gasteiger partial charge on any atom is -0.454 e. The molecule has 1 N–H and O–H groups in total. The molecule has 15 heavy (non-hydrogen) atoms. The van der Waals surface area contributed by atoms with Crippen molar-refractivity contribution in [2.75, 3.05) is 13.2 Å². The van der Waals surface area contributed by atoms with E-state index in [0.717, 1.165) is 13.8 Å². The fraction of sp³-hybridized carbons (Fsp3) is 0.500. The van der Waals surface area contributed by atoms with Crippen molar-refractivity contribution >= 4 is 0 Å². The number of nitrogens with one attached hydrogen (secondary N) is 1. The third-order valence-corrected chi connectivity index (χ3v) is 1.66. The smallest absolute Gasteiger partial charge is 0.231 e. The molecule has 3 heteroatoms. The van der Waals surface area contributed by atoms with Gasteiger partial charge >= 0.3 is 0 Å². The number of hydrogen-bond acceptors (Lipinski definition) is 3. The Morgan fingerprint density at radius 3 is 3.27 bits per heavy atom. The van der Waals surface area contributed by atoms with Crippen molar-refractivity contribution in [2.45, 2.75) is 26.2 Å². The van der Waals surface area contributed by atoms with Gasteiger partial charge in [0.2, 0.25) is 6.75 Å². The average Bonchev–Trinajstić information content (AvgIpc) is 2.69. The predicted octanol–water partition coefficient (Wildman–Crippen LogP) is 1.96. The maximum Gasteiger partial charge on any atom is 0.231 e. The standard InChI is InChI=1S/C12H17NO2/c1-3-13-9(2)6-10-4-5-11-12(7-10)15-8-14-11/h4-5,7,9,13H,3,6,8H2,1-2H3/t9-/m0/s1/i3D2,4D,5D,6D2,7D,8D2,9D. The minimum absolute atomic E-state index is 0.481. The first-order valence-corrected chi connectivity index (χ1v) is 4.32. The maximum absolute atomic E-state index is 8.23. The molecule has 0 saturated heterocycles. The quantitative estimate of drug-likeness (QED) is 0.836. The molecule has 0 amide bonds. The average molecular weight is 217 g/mol. The molecule has 1 aromatic rings. The first kappa shape index (κ1) is 3.67. The zero-order chi connectivity index (χ0) is 19.6. The van der Waals surface area contributed by atoms with Crippen LogP contribution in [0.15, 0.2) is 18.1 Å². The Labute approximate surface area is 104 Å². The van der Waals surface area contributed by atoms with Crippen molar-refractivity contribution in [3.05, 3.63) is 23.7 Å². The molecule has 1 aliphatic rings. The van der Waals surface area contributed by atoms with Crippen molar-refractivity contribution in [1.29, 1.82) is 0 Å². The van der Waals surface area contributed by atoms with Gasteiger partial charge in [0.1, 0.15) is 2.74 Å². The highest BCUT2D eigenvalue weighted by atomic mass is 16.7. The molecule has 0 bridgehead atoms. The van der Waals surface area contributed by atoms with E-state index in [0.29, 0.717) is 0 Å². The molecule has 82 valence electrons. The molecule has 0 fully saturated rings. The van der Waals surface area contributed by atoms with Gasteiger partial charge in [0, 0.05) is 12.9 Å². The van der Waals surface area contributed by atoms with Crippen LogP contribution in [0.1, 0.15) is 33.1 Å². The topological polar surface area (TPSA) is 30.5 Å². The summed E-state index contributed by atoms with van der Waals surface area (Å²) in [6, 6.07) is -4.47. The van der Waals surface area contributed by atoms with Crippen LogP contribution in [0.25, 0.3) is 0 Å². The van der Waals surface area contributed by atoms with Crippen LogP contribution in [0.5, 0.6) is 11.5 Å². The lowest BCUT2D eigenvalue weighted by atomic mass is 10.1. The number of hydrogen-bond donors (Lipinski definition) is 1. The molecular formula is C12H17NO2. The summed E-state index contributed by atoms with van der Waals surface area (Å²) in [5.74, 6) is -1.01. The van der Waals surface area contributed by atoms with E-state index in [2.05, 4.69) is 5.32 Å². The summed E-state index contributed by atoms with van der Waals surface area (Å²) in [6.07, 6.45) is -2.78. The lowest BCUT2D eigenvalue weighted by Gasteiger charge is -2.12. The largest absolute Gasteiger partial charge is 0.454 e. The van der Waals surface area contributed by atoms with Crippen LogP contribution in [0.4, 0.5) is 0 Å². The Morgan fingerprint density at radius 1 is 1.67 bits per heavy atom. The van der Waals surface area contributed by atoms with Gasteiger partial charge in [-0.2, -0.15) is 0 Å². The molecule has 2 rings (SSSR count). The van der Waals surface area contributed by atoms with E-state index >= 15 is 0 Å². The number of ether oxygens (including phenoxy) is 2. The molecule has 1 atom stereocenters. The molecule has 0 saturated carbocycles. The monoisotopic (exact) mass is 217 g/mol. The van der Waals surface area contributed by atoms with Crippen LogP contribution >= 0.6 is 0 Å². The van der Waals surface area contributed by atoms with Gasteiger partial charge in [0.25, 0.3) is 0 Å². The van der Waals surface area contributed by atoms with E-state index in [1.165, 1.54) is 0 Å². The van der Waals surface area contributed by atoms with Crippen molar-refractivity contribution in [2.24, 2.45) is 0 Å². The van der Waals surface area contributed by atoms with Gasteiger partial charge in [-0.15, -0.1) is 0 Å². The second-order valence-corrected chi connectivity index (χ2v) is 2.82. The second-order valence-electron chi connectivity index (χ2n) is 2.82. The number of benzene rings is 1. The Kier molecular flexibility index (Phi) is 1.11. The van der Waals surface area contributed by atoms with E-state index in [9.17, 15) is 0 Å². The number of rotatable bonds is 4. The minimum atomic E-state index is -2.78. The lowest BCUT2D eigenvalue weighted by Crippen LogP contribution is -2.27. The molecule has 0 aliphatic carbocycles. The molecule has 0 aromatic heterocycles. The Bertz CT molecular complexity index is 713. The van der Waals surface area contributed by atoms with E-state index in [4.69, 9.17) is 23.2 Å². The van der Waals surface area contributed by atoms with Crippen LogP contribution < -0.4 is 14.8 Å². The van der Waals surface area contributed by atoms with Crippen LogP contribution in [-0.2, 0) is 6.37 Å². The summed E-state index contributed by atoms with van der Waals surface area (Å²) in [5, 5.41) is 2.14. The Balaban J connectivity index is 2.66. The van der Waals surface area contributed by atoms with Crippen molar-refractivity contribution in [3.63, 3.8) is 0 Å². The van der Waals surface area contributed by atoms with E-state index < -0.39 is 60.8 Å². The Morgan fingerprint density at radius 2 is 2.47 bits per heavy atom. The third-order valence-electron chi connectivity index (χ3n) is 1.66. The number of likely N-dealkylation sites (N-methyl/N-ethyl adjacent to an activating group) is 1. The normalized spacial score (nSPS) is 32.4. The fourth-order valence-corrected chi connectivity index (χ4v) is 1.09. The summed E-state index contributed by atoms with van der Waals surface area (Å²) < 4.78 is 88.0. The summed E-state index contributed by atoms with van der Waals surface area (Å²) in [5.41, 5.74) is -0.688. The maximum atomic E-state index is 8.23. The first-order chi connectivity index (χ1) is 11.0. The third kappa shape index (κ3) is 2.42. The van der Waals surface area contributed by atoms with Crippen molar-refractivity contribution in [3.8, 4) is 11.5 Å². The van der Waals surface area contributed by atoms with E-state index in [1.54, 1.807) is 0 Å². The summed E-state index contributed by atoms with van der Waals surface area (Å²) in [6.45, 7) is -2.65. The van der Waals surface area contributed by atoms with Crippen LogP contribution in [0.3, 0.4) is 0 Å². The summed E-state index contributed by atoms with van der Waals surface area (Å²) in [4.78, 5) is 0. The highest BCUT2D eigenvalue weighted by Crippen LogP contribution is 2.32. The van der Waals surface area contributed by atoms with Crippen LogP contribution in [0.2, 0.25) is 0 Å². The molecule has 0 spiro atoms. The predicted molar refractivity (Wildman–Crippen MR) is 59.4 cm³/mol. The Hall–Kier alpha value is -1.22. The van der Waals surface area contributed by atoms with Gasteiger partial charge in [-0.25, -0.2) is 0 Å². The van der Waals surface area contributed by atoms with Gasteiger partial charge in [0.05, 0.1) is 4.11 Å². The molecule has 0 radical (unpaired) electrons. The van der Waals surface area contributed by atoms with Crippen LogP contribution in [-0.4, -0.2) is 19.3 Å². The zero-order valence-corrected chi connectivity index (χ0v) is 8.32. The molecule has 3 nitrogen and oxygen atoms in total. The molecule has 1 aromatic carbocycles. The molecule has 0 unspecified atom stereocenters. The highest BCUT2D eigenvalue weighted by molar-refractivity contribution is 5.44. The first-order valence-electron chi connectivity index (χ1n) is 9.32. The van der Waals surface area contributed by atoms with Gasteiger partial charge < -0.3 is 14.8 Å². The van der Waals surface area contributed by atoms with Crippen LogP contribution in [0, 0.1) is 0 Å². The van der Waals surface area contributed by atoms with Gasteiger partial charge in [-0.3, -0.25) is 0 Å².